The molecule has 1 aliphatic rings. The summed E-state index contributed by atoms with van der Waals surface area (Å²) in [7, 11) is 0. The van der Waals surface area contributed by atoms with Gasteiger partial charge in [-0.15, -0.1) is 0 Å². The topological polar surface area (TPSA) is 45.2 Å². The number of benzene rings is 2. The molecule has 0 radical (unpaired) electrons. The summed E-state index contributed by atoms with van der Waals surface area (Å²) in [4.78, 5) is 18.8. The Morgan fingerprint density at radius 2 is 1.88 bits per heavy atom. The van der Waals surface area contributed by atoms with Crippen LogP contribution in [0.25, 0.3) is 0 Å². The van der Waals surface area contributed by atoms with E-state index in [1.165, 1.54) is 17.7 Å². The molecule has 1 aromatic heterocycles. The Bertz CT molecular complexity index is 941. The van der Waals surface area contributed by atoms with Crippen molar-refractivity contribution in [3.8, 4) is 0 Å². The first kappa shape index (κ1) is 15.3. The number of pyridine rings is 1. The molecule has 1 amide bonds. The molecule has 3 aromatic rings. The third kappa shape index (κ3) is 3.08. The van der Waals surface area contributed by atoms with Crippen molar-refractivity contribution in [2.45, 2.75) is 6.42 Å². The van der Waals surface area contributed by atoms with Crippen molar-refractivity contribution in [3.63, 3.8) is 0 Å². The van der Waals surface area contributed by atoms with Crippen LogP contribution in [-0.4, -0.2) is 17.4 Å². The second-order valence-corrected chi connectivity index (χ2v) is 5.90. The Morgan fingerprint density at radius 1 is 1.04 bits per heavy atom. The van der Waals surface area contributed by atoms with E-state index in [1.54, 1.807) is 35.4 Å². The van der Waals surface area contributed by atoms with Gasteiger partial charge in [-0.25, -0.2) is 4.39 Å². The number of rotatable bonds is 3. The van der Waals surface area contributed by atoms with Crippen molar-refractivity contribution in [2.75, 3.05) is 16.8 Å². The Labute approximate surface area is 144 Å². The van der Waals surface area contributed by atoms with Crippen molar-refractivity contribution >= 4 is 23.0 Å². The largest absolute Gasteiger partial charge is 0.355 e. The summed E-state index contributed by atoms with van der Waals surface area (Å²) >= 11 is 0. The first-order valence-corrected chi connectivity index (χ1v) is 8.09. The molecular weight excluding hydrogens is 317 g/mol. The minimum atomic E-state index is -0.316. The van der Waals surface area contributed by atoms with Gasteiger partial charge in [0.25, 0.3) is 5.91 Å². The molecule has 0 fully saturated rings. The highest BCUT2D eigenvalue weighted by Crippen LogP contribution is 2.29. The van der Waals surface area contributed by atoms with Gasteiger partial charge < -0.3 is 10.2 Å². The van der Waals surface area contributed by atoms with Crippen molar-refractivity contribution < 1.29 is 9.18 Å². The number of carbonyl (C=O) groups is 1. The van der Waals surface area contributed by atoms with Gasteiger partial charge in [0.15, 0.2) is 0 Å². The number of para-hydroxylation sites is 1. The number of hydrogen-bond donors (Lipinski definition) is 1. The zero-order chi connectivity index (χ0) is 17.2. The van der Waals surface area contributed by atoms with Crippen molar-refractivity contribution in [2.24, 2.45) is 0 Å². The Balaban J connectivity index is 1.58. The average Bonchev–Trinajstić information content (AvgIpc) is 3.05. The van der Waals surface area contributed by atoms with Gasteiger partial charge in [-0.2, -0.15) is 0 Å². The number of nitrogens with one attached hydrogen (secondary N) is 1. The first-order chi connectivity index (χ1) is 12.2. The molecular formula is C20H16FN3O. The maximum absolute atomic E-state index is 13.3. The van der Waals surface area contributed by atoms with Crippen molar-refractivity contribution in [1.82, 2.24) is 4.98 Å². The van der Waals surface area contributed by atoms with E-state index in [0.29, 0.717) is 23.6 Å². The highest BCUT2D eigenvalue weighted by Gasteiger charge is 2.25. The van der Waals surface area contributed by atoms with E-state index in [-0.39, 0.29) is 11.7 Å². The van der Waals surface area contributed by atoms with E-state index < -0.39 is 0 Å². The SMILES string of the molecule is O=C(c1cc(Nc2cccc(F)c2)ccn1)N1CCc2ccccc21. The molecule has 0 atom stereocenters. The molecule has 4 rings (SSSR count). The summed E-state index contributed by atoms with van der Waals surface area (Å²) in [5.41, 5.74) is 3.79. The lowest BCUT2D eigenvalue weighted by atomic mass is 10.2. The summed E-state index contributed by atoms with van der Waals surface area (Å²) < 4.78 is 13.3. The van der Waals surface area contributed by atoms with Crippen LogP contribution in [0.1, 0.15) is 16.1 Å². The molecule has 124 valence electrons. The Morgan fingerprint density at radius 3 is 2.76 bits per heavy atom. The van der Waals surface area contributed by atoms with Gasteiger partial charge in [-0.3, -0.25) is 9.78 Å². The van der Waals surface area contributed by atoms with E-state index >= 15 is 0 Å². The minimum absolute atomic E-state index is 0.132. The molecule has 0 spiro atoms. The van der Waals surface area contributed by atoms with Gasteiger partial charge in [-0.05, 0) is 48.4 Å². The molecule has 2 aromatic carbocycles. The maximum atomic E-state index is 13.3. The third-order valence-electron chi connectivity index (χ3n) is 4.22. The molecule has 2 heterocycles. The number of nitrogens with zero attached hydrogens (tertiary/aromatic N) is 2. The molecule has 5 heteroatoms. The van der Waals surface area contributed by atoms with Crippen LogP contribution in [0.5, 0.6) is 0 Å². The normalized spacial score (nSPS) is 12.8. The number of halogens is 1. The number of anilines is 3. The fourth-order valence-electron chi connectivity index (χ4n) is 3.05. The summed E-state index contributed by atoms with van der Waals surface area (Å²) in [5, 5.41) is 3.10. The van der Waals surface area contributed by atoms with Crippen LogP contribution in [0, 0.1) is 5.82 Å². The summed E-state index contributed by atoms with van der Waals surface area (Å²) in [5.74, 6) is -0.447. The van der Waals surface area contributed by atoms with Crippen molar-refractivity contribution in [1.29, 1.82) is 0 Å². The number of carbonyl (C=O) groups excluding carboxylic acids is 1. The lowest BCUT2D eigenvalue weighted by molar-refractivity contribution is 0.0984. The number of aromatic nitrogens is 1. The predicted octanol–water partition coefficient (Wildman–Crippen LogP) is 4.17. The fraction of sp³-hybridized carbons (Fsp3) is 0.100. The lowest BCUT2D eigenvalue weighted by Crippen LogP contribution is -2.29. The van der Waals surface area contributed by atoms with Gasteiger partial charge in [0.2, 0.25) is 0 Å². The molecule has 0 aliphatic carbocycles. The van der Waals surface area contributed by atoms with Crippen LogP contribution in [0.15, 0.2) is 66.9 Å². The summed E-state index contributed by atoms with van der Waals surface area (Å²) in [6.07, 6.45) is 2.43. The van der Waals surface area contributed by atoms with Crippen LogP contribution in [-0.2, 0) is 6.42 Å². The Hall–Kier alpha value is -3.21. The number of fused-ring (bicyclic) bond motifs is 1. The zero-order valence-electron chi connectivity index (χ0n) is 13.4. The van der Waals surface area contributed by atoms with Crippen LogP contribution >= 0.6 is 0 Å². The average molecular weight is 333 g/mol. The van der Waals surface area contributed by atoms with E-state index in [4.69, 9.17) is 0 Å². The van der Waals surface area contributed by atoms with Gasteiger partial charge in [0, 0.05) is 29.8 Å². The highest BCUT2D eigenvalue weighted by molar-refractivity contribution is 6.06. The second kappa shape index (κ2) is 6.36. The first-order valence-electron chi connectivity index (χ1n) is 8.09. The molecule has 4 nitrogen and oxygen atoms in total. The van der Waals surface area contributed by atoms with E-state index in [1.807, 2.05) is 24.3 Å². The van der Waals surface area contributed by atoms with Gasteiger partial charge >= 0.3 is 0 Å². The van der Waals surface area contributed by atoms with Gasteiger partial charge in [0.05, 0.1) is 0 Å². The third-order valence-corrected chi connectivity index (χ3v) is 4.22. The fourth-order valence-corrected chi connectivity index (χ4v) is 3.05. The minimum Gasteiger partial charge on any atom is -0.355 e. The molecule has 0 bridgehead atoms. The van der Waals surface area contributed by atoms with Crippen molar-refractivity contribution in [3.05, 3.63) is 83.9 Å². The van der Waals surface area contributed by atoms with Crippen LogP contribution < -0.4 is 10.2 Å². The monoisotopic (exact) mass is 333 g/mol. The standard InChI is InChI=1S/C20H16FN3O/c21-15-5-3-6-16(12-15)23-17-8-10-22-18(13-17)20(25)24-11-9-14-4-1-2-7-19(14)24/h1-8,10,12-13H,9,11H2,(H,22,23). The van der Waals surface area contributed by atoms with Gasteiger partial charge in [-0.1, -0.05) is 24.3 Å². The number of hydrogen-bond acceptors (Lipinski definition) is 3. The highest BCUT2D eigenvalue weighted by atomic mass is 19.1. The van der Waals surface area contributed by atoms with E-state index in [9.17, 15) is 9.18 Å². The molecule has 0 unspecified atom stereocenters. The zero-order valence-corrected chi connectivity index (χ0v) is 13.4. The molecule has 1 aliphatic heterocycles. The molecule has 1 N–H and O–H groups in total. The van der Waals surface area contributed by atoms with Crippen LogP contribution in [0.4, 0.5) is 21.5 Å². The predicted molar refractivity (Wildman–Crippen MR) is 95.7 cm³/mol. The Kier molecular flexibility index (Phi) is 3.90. The summed E-state index contributed by atoms with van der Waals surface area (Å²) in [6, 6.07) is 17.5. The summed E-state index contributed by atoms with van der Waals surface area (Å²) in [6.45, 7) is 0.654. The molecule has 25 heavy (non-hydrogen) atoms. The van der Waals surface area contributed by atoms with Crippen LogP contribution in [0.3, 0.4) is 0 Å². The quantitative estimate of drug-likeness (QED) is 0.782. The smallest absolute Gasteiger partial charge is 0.276 e. The molecule has 0 saturated carbocycles. The van der Waals surface area contributed by atoms with Gasteiger partial charge in [0.1, 0.15) is 11.5 Å². The molecule has 0 saturated heterocycles. The van der Waals surface area contributed by atoms with Crippen LogP contribution in [0.2, 0.25) is 0 Å². The van der Waals surface area contributed by atoms with E-state index in [2.05, 4.69) is 10.3 Å². The lowest BCUT2D eigenvalue weighted by Gasteiger charge is -2.17. The number of amides is 1. The maximum Gasteiger partial charge on any atom is 0.276 e. The van der Waals surface area contributed by atoms with E-state index in [0.717, 1.165) is 12.1 Å². The second-order valence-electron chi connectivity index (χ2n) is 5.90.